The SMILES string of the molecule is COCCn1c(=O)[nH]c2scc(-c3ccc4ccccc4c3)c2c1=O. The van der Waals surface area contributed by atoms with Crippen LogP contribution in [-0.2, 0) is 11.3 Å². The summed E-state index contributed by atoms with van der Waals surface area (Å²) in [6.45, 7) is 0.539. The number of fused-ring (bicyclic) bond motifs is 2. The number of aromatic nitrogens is 2. The van der Waals surface area contributed by atoms with Crippen molar-refractivity contribution >= 4 is 32.3 Å². The first-order valence-corrected chi connectivity index (χ1v) is 8.79. The van der Waals surface area contributed by atoms with Crippen LogP contribution in [0.3, 0.4) is 0 Å². The van der Waals surface area contributed by atoms with Gasteiger partial charge in [0.1, 0.15) is 4.83 Å². The van der Waals surface area contributed by atoms with E-state index >= 15 is 0 Å². The molecule has 5 nitrogen and oxygen atoms in total. The van der Waals surface area contributed by atoms with E-state index in [2.05, 4.69) is 17.1 Å². The summed E-state index contributed by atoms with van der Waals surface area (Å²) in [5.41, 5.74) is 1.13. The van der Waals surface area contributed by atoms with Gasteiger partial charge in [-0.05, 0) is 22.4 Å². The maximum absolute atomic E-state index is 12.9. The Morgan fingerprint density at radius 2 is 1.92 bits per heavy atom. The molecule has 4 rings (SSSR count). The van der Waals surface area contributed by atoms with Crippen LogP contribution in [0, 0.1) is 0 Å². The molecule has 2 heterocycles. The molecule has 0 aliphatic rings. The first-order valence-electron chi connectivity index (χ1n) is 7.91. The molecule has 0 fully saturated rings. The first-order chi connectivity index (χ1) is 12.2. The monoisotopic (exact) mass is 352 g/mol. The normalized spacial score (nSPS) is 11.4. The highest BCUT2D eigenvalue weighted by molar-refractivity contribution is 7.17. The molecule has 126 valence electrons. The van der Waals surface area contributed by atoms with E-state index in [9.17, 15) is 9.59 Å². The third-order valence-electron chi connectivity index (χ3n) is 4.30. The van der Waals surface area contributed by atoms with Gasteiger partial charge >= 0.3 is 5.69 Å². The van der Waals surface area contributed by atoms with Gasteiger partial charge in [-0.2, -0.15) is 0 Å². The number of H-pyrrole nitrogens is 1. The van der Waals surface area contributed by atoms with E-state index in [1.54, 1.807) is 7.11 Å². The number of benzene rings is 2. The van der Waals surface area contributed by atoms with Crippen molar-refractivity contribution in [2.75, 3.05) is 13.7 Å². The molecular weight excluding hydrogens is 336 g/mol. The van der Waals surface area contributed by atoms with Crippen LogP contribution in [0.1, 0.15) is 0 Å². The third-order valence-corrected chi connectivity index (χ3v) is 5.19. The molecule has 0 unspecified atom stereocenters. The fourth-order valence-corrected chi connectivity index (χ4v) is 3.96. The van der Waals surface area contributed by atoms with Crippen molar-refractivity contribution in [2.24, 2.45) is 0 Å². The lowest BCUT2D eigenvalue weighted by Gasteiger charge is -2.06. The summed E-state index contributed by atoms with van der Waals surface area (Å²) in [4.78, 5) is 28.4. The van der Waals surface area contributed by atoms with E-state index in [0.717, 1.165) is 21.9 Å². The first kappa shape index (κ1) is 15.8. The number of hydrogen-bond acceptors (Lipinski definition) is 4. The summed E-state index contributed by atoms with van der Waals surface area (Å²) in [6, 6.07) is 14.2. The molecular formula is C19H16N2O3S. The highest BCUT2D eigenvalue weighted by Gasteiger charge is 2.15. The van der Waals surface area contributed by atoms with Crippen LogP contribution < -0.4 is 11.2 Å². The average molecular weight is 352 g/mol. The summed E-state index contributed by atoms with van der Waals surface area (Å²) in [6.07, 6.45) is 0. The minimum atomic E-state index is -0.401. The molecule has 0 aliphatic carbocycles. The summed E-state index contributed by atoms with van der Waals surface area (Å²) in [7, 11) is 1.54. The van der Waals surface area contributed by atoms with Crippen LogP contribution in [0.4, 0.5) is 0 Å². The lowest BCUT2D eigenvalue weighted by molar-refractivity contribution is 0.185. The maximum atomic E-state index is 12.9. The Bertz CT molecular complexity index is 1190. The number of thiophene rings is 1. The lowest BCUT2D eigenvalue weighted by Crippen LogP contribution is -2.35. The van der Waals surface area contributed by atoms with Crippen molar-refractivity contribution < 1.29 is 4.74 Å². The Hall–Kier alpha value is -2.70. The van der Waals surface area contributed by atoms with E-state index in [-0.39, 0.29) is 12.1 Å². The fourth-order valence-electron chi connectivity index (χ4n) is 3.01. The van der Waals surface area contributed by atoms with Crippen molar-refractivity contribution in [3.8, 4) is 11.1 Å². The van der Waals surface area contributed by atoms with Gasteiger partial charge in [0.05, 0.1) is 18.5 Å². The van der Waals surface area contributed by atoms with Crippen LogP contribution in [0.5, 0.6) is 0 Å². The molecule has 0 saturated carbocycles. The number of rotatable bonds is 4. The van der Waals surface area contributed by atoms with Crippen molar-refractivity contribution in [3.05, 3.63) is 68.7 Å². The zero-order chi connectivity index (χ0) is 17.4. The zero-order valence-electron chi connectivity index (χ0n) is 13.6. The van der Waals surface area contributed by atoms with E-state index in [0.29, 0.717) is 16.8 Å². The molecule has 2 aromatic heterocycles. The lowest BCUT2D eigenvalue weighted by atomic mass is 10.0. The van der Waals surface area contributed by atoms with Crippen molar-refractivity contribution in [1.29, 1.82) is 0 Å². The average Bonchev–Trinajstić information content (AvgIpc) is 3.05. The number of methoxy groups -OCH3 is 1. The van der Waals surface area contributed by atoms with Gasteiger partial charge in [0.25, 0.3) is 5.56 Å². The fraction of sp³-hybridized carbons (Fsp3) is 0.158. The van der Waals surface area contributed by atoms with Gasteiger partial charge in [0, 0.05) is 18.1 Å². The highest BCUT2D eigenvalue weighted by atomic mass is 32.1. The van der Waals surface area contributed by atoms with E-state index in [4.69, 9.17) is 4.74 Å². The number of aromatic amines is 1. The molecule has 2 aromatic carbocycles. The Labute approximate surface area is 147 Å². The summed E-state index contributed by atoms with van der Waals surface area (Å²) in [5.74, 6) is 0. The maximum Gasteiger partial charge on any atom is 0.329 e. The number of nitrogens with one attached hydrogen (secondary N) is 1. The Morgan fingerprint density at radius 1 is 1.12 bits per heavy atom. The molecule has 0 saturated heterocycles. The van der Waals surface area contributed by atoms with Gasteiger partial charge in [0.2, 0.25) is 0 Å². The second-order valence-corrected chi connectivity index (χ2v) is 6.67. The van der Waals surface area contributed by atoms with E-state index in [1.165, 1.54) is 15.9 Å². The molecule has 0 aliphatic heterocycles. The molecule has 6 heteroatoms. The minimum Gasteiger partial charge on any atom is -0.383 e. The second-order valence-electron chi connectivity index (χ2n) is 5.80. The molecule has 0 amide bonds. The number of nitrogens with zero attached hydrogens (tertiary/aromatic N) is 1. The highest BCUT2D eigenvalue weighted by Crippen LogP contribution is 2.32. The third kappa shape index (κ3) is 2.69. The Morgan fingerprint density at radius 3 is 2.72 bits per heavy atom. The topological polar surface area (TPSA) is 64.1 Å². The summed E-state index contributed by atoms with van der Waals surface area (Å²) >= 11 is 1.37. The Kier molecular flexibility index (Phi) is 3.99. The molecule has 0 bridgehead atoms. The predicted molar refractivity (Wildman–Crippen MR) is 102 cm³/mol. The Balaban J connectivity index is 1.95. The van der Waals surface area contributed by atoms with E-state index in [1.807, 2.05) is 35.7 Å². The van der Waals surface area contributed by atoms with Crippen LogP contribution >= 0.6 is 11.3 Å². The smallest absolute Gasteiger partial charge is 0.329 e. The predicted octanol–water partition coefficient (Wildman–Crippen LogP) is 3.22. The van der Waals surface area contributed by atoms with Gasteiger partial charge in [-0.3, -0.25) is 14.3 Å². The molecule has 0 spiro atoms. The number of ether oxygens (including phenoxy) is 1. The molecule has 25 heavy (non-hydrogen) atoms. The molecule has 4 aromatic rings. The largest absolute Gasteiger partial charge is 0.383 e. The van der Waals surface area contributed by atoms with Crippen molar-refractivity contribution in [1.82, 2.24) is 9.55 Å². The minimum absolute atomic E-state index is 0.230. The summed E-state index contributed by atoms with van der Waals surface area (Å²) < 4.78 is 6.20. The van der Waals surface area contributed by atoms with Crippen molar-refractivity contribution in [2.45, 2.75) is 6.54 Å². The quantitative estimate of drug-likeness (QED) is 0.613. The van der Waals surface area contributed by atoms with Gasteiger partial charge in [-0.15, -0.1) is 11.3 Å². The van der Waals surface area contributed by atoms with Gasteiger partial charge < -0.3 is 4.74 Å². The summed E-state index contributed by atoms with van der Waals surface area (Å²) in [5, 5.41) is 4.74. The van der Waals surface area contributed by atoms with Crippen LogP contribution in [-0.4, -0.2) is 23.3 Å². The standard InChI is InChI=1S/C19H16N2O3S/c1-24-9-8-21-18(22)16-15(11-25-17(16)20-19(21)23)14-7-6-12-4-2-3-5-13(12)10-14/h2-7,10-11H,8-9H2,1H3,(H,20,23). The van der Waals surface area contributed by atoms with Crippen LogP contribution in [0.15, 0.2) is 57.4 Å². The van der Waals surface area contributed by atoms with Gasteiger partial charge in [-0.1, -0.05) is 36.4 Å². The van der Waals surface area contributed by atoms with E-state index < -0.39 is 5.69 Å². The molecule has 1 N–H and O–H groups in total. The van der Waals surface area contributed by atoms with Gasteiger partial charge in [-0.25, -0.2) is 4.79 Å². The van der Waals surface area contributed by atoms with Crippen molar-refractivity contribution in [3.63, 3.8) is 0 Å². The molecule has 0 atom stereocenters. The second kappa shape index (κ2) is 6.31. The van der Waals surface area contributed by atoms with Crippen LogP contribution in [0.2, 0.25) is 0 Å². The zero-order valence-corrected chi connectivity index (χ0v) is 14.4. The molecule has 0 radical (unpaired) electrons. The number of hydrogen-bond donors (Lipinski definition) is 1. The van der Waals surface area contributed by atoms with Crippen LogP contribution in [0.25, 0.3) is 32.1 Å². The van der Waals surface area contributed by atoms with Gasteiger partial charge in [0.15, 0.2) is 0 Å².